The highest BCUT2D eigenvalue weighted by Crippen LogP contribution is 2.48. The summed E-state index contributed by atoms with van der Waals surface area (Å²) in [6.45, 7) is 11.8. The molecule has 2 aromatic rings. The van der Waals surface area contributed by atoms with Gasteiger partial charge < -0.3 is 20.5 Å². The van der Waals surface area contributed by atoms with Gasteiger partial charge in [0.25, 0.3) is 10.1 Å². The van der Waals surface area contributed by atoms with Crippen molar-refractivity contribution in [2.45, 2.75) is 87.3 Å². The van der Waals surface area contributed by atoms with Crippen molar-refractivity contribution >= 4 is 70.7 Å². The zero-order chi connectivity index (χ0) is 38.5. The van der Waals surface area contributed by atoms with E-state index >= 15 is 0 Å². The number of fused-ring (bicyclic) bond motifs is 2. The summed E-state index contributed by atoms with van der Waals surface area (Å²) >= 11 is 0. The maximum atomic E-state index is 12.4. The molecule has 52 heavy (non-hydrogen) atoms. The van der Waals surface area contributed by atoms with E-state index in [0.717, 1.165) is 52.5 Å². The molecule has 0 aromatic heterocycles. The molecule has 0 atom stereocenters. The molecule has 2 aliphatic rings. The third-order valence-corrected chi connectivity index (χ3v) is 13.5. The molecule has 0 aliphatic carbocycles. The van der Waals surface area contributed by atoms with E-state index in [2.05, 4.69) is 14.8 Å². The molecule has 2 heterocycles. The van der Waals surface area contributed by atoms with Gasteiger partial charge in [-0.05, 0) is 75.6 Å². The Morgan fingerprint density at radius 1 is 0.942 bits per heavy atom. The van der Waals surface area contributed by atoms with Crippen LogP contribution >= 0.6 is 21.6 Å². The van der Waals surface area contributed by atoms with E-state index < -0.39 is 31.1 Å². The molecule has 0 radical (unpaired) electrons. The number of hydrogen-bond donors (Lipinski definition) is 3. The second-order valence-corrected chi connectivity index (χ2v) is 19.3. The lowest BCUT2D eigenvalue weighted by Crippen LogP contribution is -2.28. The average Bonchev–Trinajstić information content (AvgIpc) is 3.40. The van der Waals surface area contributed by atoms with Crippen molar-refractivity contribution in [3.63, 3.8) is 0 Å². The van der Waals surface area contributed by atoms with Gasteiger partial charge in [-0.3, -0.25) is 14.1 Å². The normalized spacial score (nSPS) is 17.2. The van der Waals surface area contributed by atoms with Crippen LogP contribution in [0.1, 0.15) is 77.8 Å². The van der Waals surface area contributed by atoms with Crippen LogP contribution in [-0.2, 0) is 40.7 Å². The van der Waals surface area contributed by atoms with Gasteiger partial charge in [-0.25, -0.2) is 8.42 Å². The van der Waals surface area contributed by atoms with E-state index in [0.29, 0.717) is 44.6 Å². The Labute approximate surface area is 315 Å². The van der Waals surface area contributed by atoms with Crippen molar-refractivity contribution in [2.75, 3.05) is 36.0 Å². The number of primary amides is 1. The number of likely N-dealkylation sites (N-methyl/N-ethyl adjacent to an activating group) is 1. The molecular formula is C36H48N4O8S4. The van der Waals surface area contributed by atoms with Crippen molar-refractivity contribution in [3.8, 4) is 0 Å². The largest absolute Gasteiger partial charge is 0.744 e. The quantitative estimate of drug-likeness (QED) is 0.0758. The third kappa shape index (κ3) is 9.68. The summed E-state index contributed by atoms with van der Waals surface area (Å²) in [5, 5.41) is 2.93. The number of allylic oxidation sites excluding steroid dienone is 4. The Hall–Kier alpha value is -3.15. The maximum absolute atomic E-state index is 12.4. The van der Waals surface area contributed by atoms with Crippen LogP contribution in [0.5, 0.6) is 0 Å². The monoisotopic (exact) mass is 792 g/mol. The molecular weight excluding hydrogens is 745 g/mol. The predicted molar refractivity (Wildman–Crippen MR) is 207 cm³/mol. The van der Waals surface area contributed by atoms with E-state index in [1.54, 1.807) is 33.7 Å². The highest BCUT2D eigenvalue weighted by Gasteiger charge is 2.45. The number of carbonyl (C=O) groups is 2. The van der Waals surface area contributed by atoms with Crippen molar-refractivity contribution in [2.24, 2.45) is 5.73 Å². The average molecular weight is 793 g/mol. The van der Waals surface area contributed by atoms with Crippen molar-refractivity contribution in [3.05, 3.63) is 71.5 Å². The van der Waals surface area contributed by atoms with E-state index in [-0.39, 0.29) is 21.6 Å². The molecule has 0 saturated heterocycles. The maximum Gasteiger partial charge on any atom is 0.294 e. The van der Waals surface area contributed by atoms with Gasteiger partial charge in [0.15, 0.2) is 5.71 Å². The minimum Gasteiger partial charge on any atom is -0.744 e. The number of nitrogens with one attached hydrogen (secondary N) is 1. The molecule has 2 aliphatic heterocycles. The Bertz CT molecular complexity index is 2000. The molecule has 284 valence electrons. The summed E-state index contributed by atoms with van der Waals surface area (Å²) in [5.41, 5.74) is 8.94. The number of anilines is 1. The molecule has 2 aromatic carbocycles. The summed E-state index contributed by atoms with van der Waals surface area (Å²) in [4.78, 5) is 24.9. The number of benzene rings is 2. The van der Waals surface area contributed by atoms with E-state index in [1.165, 1.54) is 24.3 Å². The smallest absolute Gasteiger partial charge is 0.294 e. The molecule has 0 spiro atoms. The van der Waals surface area contributed by atoms with Crippen LogP contribution in [0.3, 0.4) is 0 Å². The number of nitrogens with zero attached hydrogens (tertiary/aromatic N) is 2. The first-order valence-corrected chi connectivity index (χ1v) is 22.5. The van der Waals surface area contributed by atoms with Gasteiger partial charge in [-0.1, -0.05) is 41.5 Å². The topological polar surface area (TPSA) is 190 Å². The third-order valence-electron chi connectivity index (χ3n) is 9.45. The lowest BCUT2D eigenvalue weighted by Gasteiger charge is -2.25. The van der Waals surface area contributed by atoms with E-state index in [1.807, 2.05) is 52.8 Å². The second kappa shape index (κ2) is 16.9. The minimum absolute atomic E-state index is 0.0164. The van der Waals surface area contributed by atoms with E-state index in [9.17, 15) is 35.5 Å². The lowest BCUT2D eigenvalue weighted by atomic mass is 9.81. The first-order chi connectivity index (χ1) is 24.3. The summed E-state index contributed by atoms with van der Waals surface area (Å²) in [6.07, 6.45) is 8.90. The standard InChI is InChI=1S/C36H48N4O8S4/c1-6-39-29-16-14-25(51(43,44)45)23-27(29)35(2,3)31(39)11-10-12-32-36(4,5)28-24-26(52(46,47)48)15-17-30(28)40(32)20-9-7-8-13-34(42)38-19-22-50-49-21-18-33(37)41/h10-12,14-17,23-24H,6-9,13,18-22H2,1-5H3,(H4-,37,38,41,42,43,44,45,46,47,48). The molecule has 0 bridgehead atoms. The first kappa shape index (κ1) is 41.6. The van der Waals surface area contributed by atoms with Crippen LogP contribution < -0.4 is 16.0 Å². The fraction of sp³-hybridized carbons (Fsp3) is 0.472. The summed E-state index contributed by atoms with van der Waals surface area (Å²) in [6, 6.07) is 9.12. The van der Waals surface area contributed by atoms with Crippen LogP contribution in [0.4, 0.5) is 11.4 Å². The van der Waals surface area contributed by atoms with Crippen molar-refractivity contribution in [1.29, 1.82) is 0 Å². The van der Waals surface area contributed by atoms with Crippen molar-refractivity contribution < 1.29 is 40.1 Å². The summed E-state index contributed by atoms with van der Waals surface area (Å²) < 4.78 is 71.5. The van der Waals surface area contributed by atoms with Gasteiger partial charge in [0, 0.05) is 78.4 Å². The van der Waals surface area contributed by atoms with Crippen LogP contribution in [0.25, 0.3) is 0 Å². The predicted octanol–water partition coefficient (Wildman–Crippen LogP) is 5.40. The van der Waals surface area contributed by atoms with E-state index in [4.69, 9.17) is 5.73 Å². The number of hydrogen-bond acceptors (Lipinski definition) is 10. The Morgan fingerprint density at radius 2 is 1.62 bits per heavy atom. The van der Waals surface area contributed by atoms with Crippen LogP contribution in [0.2, 0.25) is 0 Å². The molecule has 16 heteroatoms. The highest BCUT2D eigenvalue weighted by molar-refractivity contribution is 8.76. The Balaban J connectivity index is 1.51. The number of rotatable bonds is 18. The van der Waals surface area contributed by atoms with Crippen LogP contribution in [0.15, 0.2) is 70.1 Å². The van der Waals surface area contributed by atoms with Gasteiger partial charge in [0.05, 0.1) is 15.2 Å². The van der Waals surface area contributed by atoms with Crippen LogP contribution in [0, 0.1) is 0 Å². The minimum atomic E-state index is -4.67. The zero-order valence-corrected chi connectivity index (χ0v) is 33.4. The summed E-state index contributed by atoms with van der Waals surface area (Å²) in [7, 11) is -5.90. The fourth-order valence-corrected chi connectivity index (χ4v) is 9.67. The Morgan fingerprint density at radius 3 is 2.27 bits per heavy atom. The molecule has 0 unspecified atom stereocenters. The molecule has 4 rings (SSSR count). The van der Waals surface area contributed by atoms with Gasteiger partial charge in [0.2, 0.25) is 17.5 Å². The second-order valence-electron chi connectivity index (χ2n) is 13.8. The van der Waals surface area contributed by atoms with Gasteiger partial charge >= 0.3 is 0 Å². The number of amides is 2. The molecule has 0 saturated carbocycles. The lowest BCUT2D eigenvalue weighted by molar-refractivity contribution is -0.438. The number of unbranched alkanes of at least 4 members (excludes halogenated alkanes) is 2. The zero-order valence-electron chi connectivity index (χ0n) is 30.2. The summed E-state index contributed by atoms with van der Waals surface area (Å²) in [5.74, 6) is 1.03. The SMILES string of the molecule is CCN1/C(=C/C=C/C2=[N+](CCCCCC(=O)NCCSSCCC(N)=O)c3ccc(S(=O)(=O)[O-])cc3C2(C)C)C(C)(C)c2cc(S(=O)(=O)O)ccc21. The van der Waals surface area contributed by atoms with Crippen molar-refractivity contribution in [1.82, 2.24) is 5.32 Å². The molecule has 4 N–H and O–H groups in total. The number of nitrogens with two attached hydrogens (primary N) is 1. The van der Waals surface area contributed by atoms with Gasteiger partial charge in [0.1, 0.15) is 16.7 Å². The molecule has 12 nitrogen and oxygen atoms in total. The van der Waals surface area contributed by atoms with Crippen LogP contribution in [-0.4, -0.2) is 79.2 Å². The van der Waals surface area contributed by atoms with Gasteiger partial charge in [-0.2, -0.15) is 13.0 Å². The first-order valence-electron chi connectivity index (χ1n) is 17.1. The highest BCUT2D eigenvalue weighted by atomic mass is 33.1. The molecule has 2 amide bonds. The Kier molecular flexibility index (Phi) is 13.5. The molecule has 0 fully saturated rings. The fourth-order valence-electron chi connectivity index (χ4n) is 6.75. The number of carbonyl (C=O) groups excluding carboxylic acids is 2. The van der Waals surface area contributed by atoms with Gasteiger partial charge in [-0.15, -0.1) is 0 Å².